The fourth-order valence-corrected chi connectivity index (χ4v) is 1.15. The Morgan fingerprint density at radius 3 is 2.79 bits per heavy atom. The number of hydrogen-bond acceptors (Lipinski definition) is 4. The minimum Gasteiger partial charge on any atom is -0.505 e. The maximum absolute atomic E-state index is 11.1. The molecule has 4 nitrogen and oxygen atoms in total. The highest BCUT2D eigenvalue weighted by Gasteiger charge is 2.15. The van der Waals surface area contributed by atoms with Crippen LogP contribution in [-0.2, 0) is 4.74 Å². The Morgan fingerprint density at radius 2 is 2.29 bits per heavy atom. The number of aromatic hydroxyl groups is 1. The standard InChI is InChI=1S/C9H6ClNO3/c1-14-9(13)6-2-5(4-11)3-7(10)8(6)12/h2-3,12H,1H3. The van der Waals surface area contributed by atoms with Gasteiger partial charge in [-0.2, -0.15) is 5.26 Å². The van der Waals surface area contributed by atoms with E-state index >= 15 is 0 Å². The zero-order valence-corrected chi connectivity index (χ0v) is 8.00. The number of methoxy groups -OCH3 is 1. The molecule has 1 rings (SSSR count). The lowest BCUT2D eigenvalue weighted by molar-refractivity contribution is 0.0597. The summed E-state index contributed by atoms with van der Waals surface area (Å²) in [6.45, 7) is 0. The fourth-order valence-electron chi connectivity index (χ4n) is 0.929. The van der Waals surface area contributed by atoms with Gasteiger partial charge >= 0.3 is 5.97 Å². The third-order valence-corrected chi connectivity index (χ3v) is 1.89. The highest BCUT2D eigenvalue weighted by Crippen LogP contribution is 2.29. The molecule has 0 spiro atoms. The smallest absolute Gasteiger partial charge is 0.341 e. The molecule has 0 amide bonds. The van der Waals surface area contributed by atoms with Crippen LogP contribution in [-0.4, -0.2) is 18.2 Å². The van der Waals surface area contributed by atoms with E-state index in [2.05, 4.69) is 4.74 Å². The molecule has 0 aliphatic rings. The summed E-state index contributed by atoms with van der Waals surface area (Å²) >= 11 is 5.59. The molecule has 1 aromatic rings. The Hall–Kier alpha value is -1.73. The van der Waals surface area contributed by atoms with Gasteiger partial charge < -0.3 is 9.84 Å². The van der Waals surface area contributed by atoms with Crippen molar-refractivity contribution >= 4 is 17.6 Å². The number of phenolic OH excluding ortho intramolecular Hbond substituents is 1. The lowest BCUT2D eigenvalue weighted by atomic mass is 10.1. The molecule has 0 bridgehead atoms. The van der Waals surface area contributed by atoms with E-state index in [4.69, 9.17) is 16.9 Å². The fraction of sp³-hybridized carbons (Fsp3) is 0.111. The summed E-state index contributed by atoms with van der Waals surface area (Å²) < 4.78 is 4.40. The normalized spacial score (nSPS) is 9.21. The monoisotopic (exact) mass is 211 g/mol. The first kappa shape index (κ1) is 10.4. The van der Waals surface area contributed by atoms with Crippen molar-refractivity contribution in [2.75, 3.05) is 7.11 Å². The summed E-state index contributed by atoms with van der Waals surface area (Å²) in [6, 6.07) is 4.29. The Kier molecular flexibility index (Phi) is 2.95. The van der Waals surface area contributed by atoms with Crippen LogP contribution in [0.25, 0.3) is 0 Å². The van der Waals surface area contributed by atoms with E-state index in [1.807, 2.05) is 6.07 Å². The van der Waals surface area contributed by atoms with E-state index in [0.29, 0.717) is 0 Å². The molecule has 14 heavy (non-hydrogen) atoms. The number of carbonyl (C=O) groups excluding carboxylic acids is 1. The van der Waals surface area contributed by atoms with Gasteiger partial charge in [-0.05, 0) is 12.1 Å². The number of esters is 1. The first-order chi connectivity index (χ1) is 6.60. The zero-order valence-electron chi connectivity index (χ0n) is 7.24. The van der Waals surface area contributed by atoms with Crippen molar-refractivity contribution in [3.8, 4) is 11.8 Å². The predicted octanol–water partition coefficient (Wildman–Crippen LogP) is 1.70. The van der Waals surface area contributed by atoms with Gasteiger partial charge in [0.25, 0.3) is 0 Å². The van der Waals surface area contributed by atoms with E-state index in [1.165, 1.54) is 19.2 Å². The largest absolute Gasteiger partial charge is 0.505 e. The highest BCUT2D eigenvalue weighted by molar-refractivity contribution is 6.32. The van der Waals surface area contributed by atoms with Crippen LogP contribution in [0, 0.1) is 11.3 Å². The summed E-state index contributed by atoms with van der Waals surface area (Å²) in [7, 11) is 1.18. The molecule has 0 heterocycles. The van der Waals surface area contributed by atoms with Crippen LogP contribution in [0.3, 0.4) is 0 Å². The minimum atomic E-state index is -0.735. The van der Waals surface area contributed by atoms with Crippen molar-refractivity contribution in [1.82, 2.24) is 0 Å². The molecule has 0 radical (unpaired) electrons. The molecule has 0 saturated heterocycles. The summed E-state index contributed by atoms with van der Waals surface area (Å²) in [5.74, 6) is -1.11. The highest BCUT2D eigenvalue weighted by atomic mass is 35.5. The second-order valence-corrected chi connectivity index (χ2v) is 2.86. The van der Waals surface area contributed by atoms with Crippen LogP contribution in [0.15, 0.2) is 12.1 Å². The Bertz CT molecular complexity index is 423. The van der Waals surface area contributed by atoms with Crippen LogP contribution in [0.2, 0.25) is 5.02 Å². The number of nitriles is 1. The Balaban J connectivity index is 3.36. The quantitative estimate of drug-likeness (QED) is 0.718. The molecule has 0 aromatic heterocycles. The van der Waals surface area contributed by atoms with Gasteiger partial charge in [-0.3, -0.25) is 0 Å². The van der Waals surface area contributed by atoms with Crippen molar-refractivity contribution in [2.45, 2.75) is 0 Å². The minimum absolute atomic E-state index is 0.0514. The van der Waals surface area contributed by atoms with Crippen molar-refractivity contribution in [3.63, 3.8) is 0 Å². The van der Waals surface area contributed by atoms with Gasteiger partial charge in [0, 0.05) is 0 Å². The van der Waals surface area contributed by atoms with E-state index in [0.717, 1.165) is 0 Å². The van der Waals surface area contributed by atoms with Crippen molar-refractivity contribution in [2.24, 2.45) is 0 Å². The van der Waals surface area contributed by atoms with Crippen LogP contribution >= 0.6 is 11.6 Å². The van der Waals surface area contributed by atoms with Gasteiger partial charge in [0.2, 0.25) is 0 Å². The van der Waals surface area contributed by atoms with Gasteiger partial charge in [0.1, 0.15) is 11.3 Å². The van der Waals surface area contributed by atoms with Gasteiger partial charge in [0.05, 0.1) is 23.8 Å². The lowest BCUT2D eigenvalue weighted by Gasteiger charge is -2.04. The van der Waals surface area contributed by atoms with Crippen molar-refractivity contribution < 1.29 is 14.6 Å². The van der Waals surface area contributed by atoms with Gasteiger partial charge in [-0.15, -0.1) is 0 Å². The van der Waals surface area contributed by atoms with Crippen LogP contribution in [0.4, 0.5) is 0 Å². The summed E-state index contributed by atoms with van der Waals surface area (Å²) in [6.07, 6.45) is 0. The molecule has 0 saturated carbocycles. The van der Waals surface area contributed by atoms with Crippen LogP contribution in [0.1, 0.15) is 15.9 Å². The summed E-state index contributed by atoms with van der Waals surface area (Å²) in [5.41, 5.74) is 0.0738. The van der Waals surface area contributed by atoms with E-state index in [1.54, 1.807) is 0 Å². The van der Waals surface area contributed by atoms with Gasteiger partial charge in [-0.25, -0.2) is 4.79 Å². The first-order valence-electron chi connectivity index (χ1n) is 3.61. The van der Waals surface area contributed by atoms with E-state index in [9.17, 15) is 9.90 Å². The molecule has 5 heteroatoms. The molecule has 0 aliphatic heterocycles. The SMILES string of the molecule is COC(=O)c1cc(C#N)cc(Cl)c1O. The number of carbonyl (C=O) groups is 1. The van der Waals surface area contributed by atoms with Crippen LogP contribution < -0.4 is 0 Å². The van der Waals surface area contributed by atoms with Gasteiger partial charge in [-0.1, -0.05) is 11.6 Å². The molecule has 72 valence electrons. The Labute approximate surface area is 85.3 Å². The number of halogens is 1. The second-order valence-electron chi connectivity index (χ2n) is 2.46. The maximum atomic E-state index is 11.1. The third-order valence-electron chi connectivity index (χ3n) is 1.60. The molecule has 0 aliphatic carbocycles. The average molecular weight is 212 g/mol. The number of ether oxygens (including phenoxy) is 1. The molecular weight excluding hydrogens is 206 g/mol. The van der Waals surface area contributed by atoms with E-state index < -0.39 is 5.97 Å². The van der Waals surface area contributed by atoms with Crippen molar-refractivity contribution in [1.29, 1.82) is 5.26 Å². The number of nitrogens with zero attached hydrogens (tertiary/aromatic N) is 1. The molecule has 0 unspecified atom stereocenters. The predicted molar refractivity (Wildman–Crippen MR) is 49.2 cm³/mol. The lowest BCUT2D eigenvalue weighted by Crippen LogP contribution is -2.02. The molecule has 1 aromatic carbocycles. The van der Waals surface area contributed by atoms with Crippen molar-refractivity contribution in [3.05, 3.63) is 28.3 Å². The average Bonchev–Trinajstić information content (AvgIpc) is 2.20. The zero-order chi connectivity index (χ0) is 10.7. The first-order valence-corrected chi connectivity index (χ1v) is 3.99. The summed E-state index contributed by atoms with van der Waals surface area (Å²) in [4.78, 5) is 11.1. The topological polar surface area (TPSA) is 70.3 Å². The molecule has 0 fully saturated rings. The third kappa shape index (κ3) is 1.78. The van der Waals surface area contributed by atoms with Gasteiger partial charge in [0.15, 0.2) is 0 Å². The number of rotatable bonds is 1. The summed E-state index contributed by atoms with van der Waals surface area (Å²) in [5, 5.41) is 17.9. The second kappa shape index (κ2) is 3.99. The molecule has 1 N–H and O–H groups in total. The van der Waals surface area contributed by atoms with Crippen LogP contribution in [0.5, 0.6) is 5.75 Å². The Morgan fingerprint density at radius 1 is 1.64 bits per heavy atom. The maximum Gasteiger partial charge on any atom is 0.341 e. The number of hydrogen-bond donors (Lipinski definition) is 1. The molecule has 0 atom stereocenters. The molecular formula is C9H6ClNO3. The number of phenols is 1. The van der Waals surface area contributed by atoms with E-state index in [-0.39, 0.29) is 21.9 Å². The number of benzene rings is 1.